The maximum Gasteiger partial charge on any atom is 0.243 e. The minimum Gasteiger partial charge on any atom is -0.264 e. The van der Waals surface area contributed by atoms with E-state index >= 15 is 0 Å². The molecule has 0 amide bonds. The van der Waals surface area contributed by atoms with E-state index in [2.05, 4.69) is 15.0 Å². The van der Waals surface area contributed by atoms with Gasteiger partial charge in [0.1, 0.15) is 5.82 Å². The molecule has 1 atom stereocenters. The molecule has 0 spiro atoms. The molecule has 0 aliphatic carbocycles. The van der Waals surface area contributed by atoms with Gasteiger partial charge in [0.2, 0.25) is 10.0 Å². The Morgan fingerprint density at radius 2 is 1.84 bits per heavy atom. The van der Waals surface area contributed by atoms with Crippen LogP contribution in [0.2, 0.25) is 0 Å². The third kappa shape index (κ3) is 4.07. The number of benzene rings is 1. The minimum atomic E-state index is -4.07. The normalized spacial score (nSPS) is 17.6. The van der Waals surface area contributed by atoms with Gasteiger partial charge in [-0.3, -0.25) is 4.98 Å². The fourth-order valence-electron chi connectivity index (χ4n) is 3.96. The molecule has 2 aromatic heterocycles. The van der Waals surface area contributed by atoms with Gasteiger partial charge in [0, 0.05) is 30.7 Å². The van der Waals surface area contributed by atoms with Crippen LogP contribution >= 0.6 is 0 Å². The van der Waals surface area contributed by atoms with E-state index < -0.39 is 27.7 Å². The zero-order valence-electron chi connectivity index (χ0n) is 17.2. The van der Waals surface area contributed by atoms with E-state index in [0.717, 1.165) is 41.3 Å². The lowest BCUT2D eigenvalue weighted by Crippen LogP contribution is -2.39. The molecule has 1 saturated heterocycles. The summed E-state index contributed by atoms with van der Waals surface area (Å²) in [7, 11) is -4.07. The summed E-state index contributed by atoms with van der Waals surface area (Å²) in [4.78, 5) is 12.8. The van der Waals surface area contributed by atoms with Gasteiger partial charge >= 0.3 is 0 Å². The number of hydrogen-bond acceptors (Lipinski definition) is 5. The molecule has 0 unspecified atom stereocenters. The summed E-state index contributed by atoms with van der Waals surface area (Å²) < 4.78 is 55.4. The van der Waals surface area contributed by atoms with E-state index in [-0.39, 0.29) is 11.4 Å². The van der Waals surface area contributed by atoms with Crippen LogP contribution < -0.4 is 0 Å². The van der Waals surface area contributed by atoms with Crippen molar-refractivity contribution in [3.05, 3.63) is 71.6 Å². The van der Waals surface area contributed by atoms with Crippen molar-refractivity contribution >= 4 is 10.0 Å². The molecule has 0 bridgehead atoms. The number of piperidine rings is 1. The number of hydrogen-bond donors (Lipinski definition) is 0. The number of aryl methyl sites for hydroxylation is 2. The lowest BCUT2D eigenvalue weighted by atomic mass is 9.94. The quantitative estimate of drug-likeness (QED) is 0.598. The van der Waals surface area contributed by atoms with E-state index in [4.69, 9.17) is 0 Å². The molecule has 9 heteroatoms. The van der Waals surface area contributed by atoms with Gasteiger partial charge in [0.15, 0.2) is 11.6 Å². The molecule has 1 aromatic carbocycles. The maximum atomic E-state index is 13.8. The van der Waals surface area contributed by atoms with Crippen LogP contribution in [0, 0.1) is 25.5 Å². The van der Waals surface area contributed by atoms with E-state index in [1.54, 1.807) is 25.5 Å². The van der Waals surface area contributed by atoms with Crippen molar-refractivity contribution in [1.82, 2.24) is 19.3 Å². The minimum absolute atomic E-state index is 0.268. The fraction of sp³-hybridized carbons (Fsp3) is 0.318. The van der Waals surface area contributed by atoms with Crippen LogP contribution in [0.15, 0.2) is 47.8 Å². The lowest BCUT2D eigenvalue weighted by Gasteiger charge is -2.35. The molecule has 1 fully saturated rings. The summed E-state index contributed by atoms with van der Waals surface area (Å²) in [5, 5.41) is 0. The zero-order chi connectivity index (χ0) is 22.2. The number of sulfonamides is 1. The van der Waals surface area contributed by atoms with Gasteiger partial charge in [-0.25, -0.2) is 27.2 Å². The van der Waals surface area contributed by atoms with Crippen molar-refractivity contribution in [3.8, 4) is 11.1 Å². The van der Waals surface area contributed by atoms with Crippen LogP contribution in [0.1, 0.15) is 42.4 Å². The topological polar surface area (TPSA) is 76.1 Å². The SMILES string of the molecule is Cc1ncc(-c2ccncc2C)c([C@H]2CCCCN2S(=O)(=O)c2ccc(F)c(F)c2)n1. The Bertz CT molecular complexity index is 1230. The Hall–Kier alpha value is -2.78. The highest BCUT2D eigenvalue weighted by atomic mass is 32.2. The monoisotopic (exact) mass is 444 g/mol. The van der Waals surface area contributed by atoms with Gasteiger partial charge in [-0.1, -0.05) is 6.42 Å². The Morgan fingerprint density at radius 3 is 2.58 bits per heavy atom. The number of aromatic nitrogens is 3. The van der Waals surface area contributed by atoms with E-state index in [1.165, 1.54) is 4.31 Å². The Kier molecular flexibility index (Phi) is 5.81. The first-order valence-corrected chi connectivity index (χ1v) is 11.4. The van der Waals surface area contributed by atoms with Crippen molar-refractivity contribution in [2.45, 2.75) is 44.0 Å². The highest BCUT2D eigenvalue weighted by molar-refractivity contribution is 7.89. The lowest BCUT2D eigenvalue weighted by molar-refractivity contribution is 0.251. The number of nitrogens with zero attached hydrogens (tertiary/aromatic N) is 4. The van der Waals surface area contributed by atoms with Crippen molar-refractivity contribution in [3.63, 3.8) is 0 Å². The first-order chi connectivity index (χ1) is 14.8. The van der Waals surface area contributed by atoms with Crippen molar-refractivity contribution in [2.75, 3.05) is 6.54 Å². The fourth-order valence-corrected chi connectivity index (χ4v) is 5.64. The predicted octanol–water partition coefficient (Wildman–Crippen LogP) is 4.35. The standard InChI is InChI=1S/C22H22F2N4O2S/c1-14-12-25-9-8-17(14)18-13-26-15(2)27-22(18)21-5-3-4-10-28(21)31(29,30)16-6-7-19(23)20(24)11-16/h6-9,11-13,21H,3-5,10H2,1-2H3/t21-/m1/s1. The van der Waals surface area contributed by atoms with Crippen LogP contribution in [-0.4, -0.2) is 34.2 Å². The largest absolute Gasteiger partial charge is 0.264 e. The molecule has 0 saturated carbocycles. The maximum absolute atomic E-state index is 13.8. The second-order valence-electron chi connectivity index (χ2n) is 7.61. The van der Waals surface area contributed by atoms with Crippen LogP contribution in [0.4, 0.5) is 8.78 Å². The van der Waals surface area contributed by atoms with E-state index in [0.29, 0.717) is 24.4 Å². The van der Waals surface area contributed by atoms with E-state index in [9.17, 15) is 17.2 Å². The second kappa shape index (κ2) is 8.39. The van der Waals surface area contributed by atoms with Gasteiger partial charge in [0.25, 0.3) is 0 Å². The van der Waals surface area contributed by atoms with Crippen LogP contribution in [0.3, 0.4) is 0 Å². The predicted molar refractivity (Wildman–Crippen MR) is 112 cm³/mol. The second-order valence-corrected chi connectivity index (χ2v) is 9.50. The Morgan fingerprint density at radius 1 is 1.03 bits per heavy atom. The Balaban J connectivity index is 1.84. The van der Waals surface area contributed by atoms with Crippen LogP contribution in [-0.2, 0) is 10.0 Å². The van der Waals surface area contributed by atoms with E-state index in [1.807, 2.05) is 13.0 Å². The van der Waals surface area contributed by atoms with Crippen molar-refractivity contribution in [2.24, 2.45) is 0 Å². The van der Waals surface area contributed by atoms with Crippen LogP contribution in [0.25, 0.3) is 11.1 Å². The van der Waals surface area contributed by atoms with Gasteiger partial charge in [-0.05, 0) is 62.1 Å². The summed E-state index contributed by atoms with van der Waals surface area (Å²) in [5.41, 5.74) is 3.14. The molecule has 3 aromatic rings. The third-order valence-electron chi connectivity index (χ3n) is 5.52. The summed E-state index contributed by atoms with van der Waals surface area (Å²) in [5.74, 6) is -1.75. The highest BCUT2D eigenvalue weighted by Gasteiger charge is 2.37. The van der Waals surface area contributed by atoms with Gasteiger partial charge in [0.05, 0.1) is 16.6 Å². The highest BCUT2D eigenvalue weighted by Crippen LogP contribution is 2.39. The molecule has 4 rings (SSSR count). The zero-order valence-corrected chi connectivity index (χ0v) is 18.0. The first-order valence-electron chi connectivity index (χ1n) is 10.0. The van der Waals surface area contributed by atoms with Crippen molar-refractivity contribution < 1.29 is 17.2 Å². The molecule has 162 valence electrons. The average molecular weight is 445 g/mol. The molecule has 6 nitrogen and oxygen atoms in total. The molecule has 31 heavy (non-hydrogen) atoms. The smallest absolute Gasteiger partial charge is 0.243 e. The molecule has 0 N–H and O–H groups in total. The van der Waals surface area contributed by atoms with Gasteiger partial charge in [-0.15, -0.1) is 0 Å². The average Bonchev–Trinajstić information content (AvgIpc) is 2.76. The number of halogens is 2. The molecule has 1 aliphatic heterocycles. The number of rotatable bonds is 4. The van der Waals surface area contributed by atoms with Gasteiger partial charge < -0.3 is 0 Å². The summed E-state index contributed by atoms with van der Waals surface area (Å²) in [6.45, 7) is 3.94. The summed E-state index contributed by atoms with van der Waals surface area (Å²) in [6.07, 6.45) is 7.17. The summed E-state index contributed by atoms with van der Waals surface area (Å²) >= 11 is 0. The number of pyridine rings is 1. The Labute approximate surface area is 180 Å². The molecular weight excluding hydrogens is 422 g/mol. The summed E-state index contributed by atoms with van der Waals surface area (Å²) in [6, 6.07) is 3.97. The molecule has 1 aliphatic rings. The van der Waals surface area contributed by atoms with Crippen molar-refractivity contribution in [1.29, 1.82) is 0 Å². The van der Waals surface area contributed by atoms with Gasteiger partial charge in [-0.2, -0.15) is 4.31 Å². The molecule has 0 radical (unpaired) electrons. The first kappa shape index (κ1) is 21.5. The molecular formula is C22H22F2N4O2S. The third-order valence-corrected chi connectivity index (χ3v) is 7.42. The molecule has 3 heterocycles. The van der Waals surface area contributed by atoms with Crippen LogP contribution in [0.5, 0.6) is 0 Å².